The highest BCUT2D eigenvalue weighted by Gasteiger charge is 2.46. The van der Waals surface area contributed by atoms with E-state index in [4.69, 9.17) is 0 Å². The smallest absolute Gasteiger partial charge is 0.327 e. The van der Waals surface area contributed by atoms with Crippen LogP contribution in [0.4, 0.5) is 4.79 Å². The molecule has 1 saturated heterocycles. The number of amides is 4. The number of hydrogen-bond acceptors (Lipinski definition) is 3. The summed E-state index contributed by atoms with van der Waals surface area (Å²) in [4.78, 5) is 41.3. The first-order valence-electron chi connectivity index (χ1n) is 12.2. The summed E-state index contributed by atoms with van der Waals surface area (Å²) in [6.07, 6.45) is 6.55. The maximum absolute atomic E-state index is 12.9. The number of nitrogens with one attached hydrogen (secondary N) is 1. The van der Waals surface area contributed by atoms with E-state index < -0.39 is 0 Å². The lowest BCUT2D eigenvalue weighted by Crippen LogP contribution is -2.39. The van der Waals surface area contributed by atoms with Crippen LogP contribution in [0.5, 0.6) is 0 Å². The Morgan fingerprint density at radius 1 is 0.939 bits per heavy atom. The molecule has 33 heavy (non-hydrogen) atoms. The number of carbonyl (C=O) groups is 3. The molecule has 2 aromatic carbocycles. The fourth-order valence-corrected chi connectivity index (χ4v) is 5.48. The van der Waals surface area contributed by atoms with E-state index in [2.05, 4.69) is 23.5 Å². The number of imide groups is 1. The Labute approximate surface area is 194 Å². The van der Waals surface area contributed by atoms with Gasteiger partial charge in [0.25, 0.3) is 5.91 Å². The van der Waals surface area contributed by atoms with Crippen LogP contribution in [0.1, 0.15) is 66.8 Å². The lowest BCUT2D eigenvalue weighted by molar-refractivity contribution is -0.128. The van der Waals surface area contributed by atoms with Crippen LogP contribution in [-0.2, 0) is 29.0 Å². The van der Waals surface area contributed by atoms with Crippen LogP contribution in [0.3, 0.4) is 0 Å². The van der Waals surface area contributed by atoms with Crippen LogP contribution in [-0.4, -0.2) is 40.2 Å². The van der Waals surface area contributed by atoms with Crippen LogP contribution in [0.2, 0.25) is 0 Å². The number of rotatable bonds is 7. The zero-order valence-electron chi connectivity index (χ0n) is 19.0. The van der Waals surface area contributed by atoms with Crippen molar-refractivity contribution >= 4 is 17.8 Å². The van der Waals surface area contributed by atoms with Crippen LogP contribution in [0, 0.1) is 0 Å². The molecule has 0 aromatic heterocycles. The Morgan fingerprint density at radius 3 is 2.55 bits per heavy atom. The molecule has 0 unspecified atom stereocenters. The van der Waals surface area contributed by atoms with Crippen molar-refractivity contribution in [1.82, 2.24) is 15.1 Å². The lowest BCUT2D eigenvalue weighted by Gasteiger charge is -2.28. The van der Waals surface area contributed by atoms with Gasteiger partial charge in [-0.1, -0.05) is 55.0 Å². The van der Waals surface area contributed by atoms with Gasteiger partial charge in [-0.2, -0.15) is 0 Å². The van der Waals surface area contributed by atoms with Crippen LogP contribution < -0.4 is 5.32 Å². The van der Waals surface area contributed by atoms with E-state index in [1.807, 2.05) is 30.3 Å². The van der Waals surface area contributed by atoms with Crippen molar-refractivity contribution in [3.05, 3.63) is 70.8 Å². The molecule has 172 valence electrons. The average molecular weight is 446 g/mol. The molecule has 0 saturated carbocycles. The SMILES string of the molecule is O=C(CCCCCN1C(=O)[C@@H]2Cc3ccccc3CN2C1=O)N[C@H]1CCCc2ccccc21. The summed E-state index contributed by atoms with van der Waals surface area (Å²) in [6.45, 7) is 0.936. The van der Waals surface area contributed by atoms with E-state index >= 15 is 0 Å². The third kappa shape index (κ3) is 4.39. The van der Waals surface area contributed by atoms with Crippen LogP contribution in [0.25, 0.3) is 0 Å². The standard InChI is InChI=1S/C27H31N3O3/c31-25(28-23-14-8-12-19-9-5-6-13-22(19)23)15-2-1-7-16-29-26(32)24-17-20-10-3-4-11-21(20)18-30(24)27(29)33/h3-6,9-11,13,23-24H,1-2,7-8,12,14-18H2,(H,28,31)/t23-,24-/m0/s1. The minimum absolute atomic E-state index is 0.0804. The quantitative estimate of drug-likeness (QED) is 0.515. The average Bonchev–Trinajstić information content (AvgIpc) is 3.07. The van der Waals surface area contributed by atoms with E-state index in [0.717, 1.165) is 49.7 Å². The maximum atomic E-state index is 12.9. The largest absolute Gasteiger partial charge is 0.349 e. The van der Waals surface area contributed by atoms with Crippen LogP contribution >= 0.6 is 0 Å². The fraction of sp³-hybridized carbons (Fsp3) is 0.444. The van der Waals surface area contributed by atoms with Crippen molar-refractivity contribution in [2.45, 2.75) is 70.0 Å². The summed E-state index contributed by atoms with van der Waals surface area (Å²) in [5, 5.41) is 3.20. The summed E-state index contributed by atoms with van der Waals surface area (Å²) in [5.41, 5.74) is 4.88. The molecule has 2 aromatic rings. The van der Waals surface area contributed by atoms with E-state index in [-0.39, 0.29) is 29.9 Å². The minimum Gasteiger partial charge on any atom is -0.349 e. The fourth-order valence-electron chi connectivity index (χ4n) is 5.48. The second-order valence-corrected chi connectivity index (χ2v) is 9.41. The topological polar surface area (TPSA) is 69.7 Å². The third-order valence-electron chi connectivity index (χ3n) is 7.27. The minimum atomic E-state index is -0.364. The second-order valence-electron chi connectivity index (χ2n) is 9.41. The summed E-state index contributed by atoms with van der Waals surface area (Å²) in [6, 6.07) is 16.0. The number of urea groups is 1. The van der Waals surface area contributed by atoms with Gasteiger partial charge in [0.15, 0.2) is 0 Å². The van der Waals surface area contributed by atoms with Crippen molar-refractivity contribution in [2.75, 3.05) is 6.54 Å². The highest BCUT2D eigenvalue weighted by Crippen LogP contribution is 2.31. The van der Waals surface area contributed by atoms with Crippen molar-refractivity contribution < 1.29 is 14.4 Å². The molecule has 2 atom stereocenters. The molecule has 6 heteroatoms. The summed E-state index contributed by atoms with van der Waals surface area (Å²) in [7, 11) is 0. The summed E-state index contributed by atoms with van der Waals surface area (Å²) < 4.78 is 0. The van der Waals surface area contributed by atoms with E-state index in [1.54, 1.807) is 4.90 Å². The normalized spacial score (nSPS) is 21.5. The molecule has 1 N–H and O–H groups in total. The van der Waals surface area contributed by atoms with Crippen molar-refractivity contribution in [3.63, 3.8) is 0 Å². The molecule has 0 spiro atoms. The first kappa shape index (κ1) is 21.7. The molecule has 6 nitrogen and oxygen atoms in total. The number of hydrogen-bond donors (Lipinski definition) is 1. The lowest BCUT2D eigenvalue weighted by atomic mass is 9.87. The predicted octanol–water partition coefficient (Wildman–Crippen LogP) is 4.13. The Bertz CT molecular complexity index is 1020. The predicted molar refractivity (Wildman–Crippen MR) is 125 cm³/mol. The molecule has 3 aliphatic rings. The molecule has 0 bridgehead atoms. The number of carbonyl (C=O) groups excluding carboxylic acids is 3. The third-order valence-corrected chi connectivity index (χ3v) is 7.27. The highest BCUT2D eigenvalue weighted by molar-refractivity contribution is 6.04. The Hall–Kier alpha value is -3.15. The van der Waals surface area contributed by atoms with Crippen molar-refractivity contribution in [1.29, 1.82) is 0 Å². The van der Waals surface area contributed by atoms with Gasteiger partial charge in [-0.05, 0) is 54.4 Å². The number of unbranched alkanes of at least 4 members (excludes halogenated alkanes) is 2. The van der Waals surface area contributed by atoms with Gasteiger partial charge in [0.1, 0.15) is 6.04 Å². The number of benzene rings is 2. The van der Waals surface area contributed by atoms with Gasteiger partial charge in [0.2, 0.25) is 5.91 Å². The molecule has 4 amide bonds. The number of aryl methyl sites for hydroxylation is 1. The Balaban J connectivity index is 1.06. The number of fused-ring (bicyclic) bond motifs is 3. The van der Waals surface area contributed by atoms with E-state index in [0.29, 0.717) is 25.9 Å². The maximum Gasteiger partial charge on any atom is 0.327 e. The van der Waals surface area contributed by atoms with Gasteiger partial charge in [-0.25, -0.2) is 4.79 Å². The van der Waals surface area contributed by atoms with E-state index in [1.165, 1.54) is 16.0 Å². The van der Waals surface area contributed by atoms with Crippen molar-refractivity contribution in [2.24, 2.45) is 0 Å². The highest BCUT2D eigenvalue weighted by atomic mass is 16.2. The van der Waals surface area contributed by atoms with Gasteiger partial charge in [0, 0.05) is 25.9 Å². The molecule has 5 rings (SSSR count). The number of nitrogens with zero attached hydrogens (tertiary/aromatic N) is 2. The van der Waals surface area contributed by atoms with Gasteiger partial charge >= 0.3 is 6.03 Å². The molecule has 2 aliphatic heterocycles. The molecule has 1 aliphatic carbocycles. The van der Waals surface area contributed by atoms with Crippen molar-refractivity contribution in [3.8, 4) is 0 Å². The van der Waals surface area contributed by atoms with Gasteiger partial charge in [-0.3, -0.25) is 14.5 Å². The van der Waals surface area contributed by atoms with Gasteiger partial charge in [-0.15, -0.1) is 0 Å². The first-order valence-corrected chi connectivity index (χ1v) is 12.2. The Kier molecular flexibility index (Phi) is 6.16. The zero-order chi connectivity index (χ0) is 22.8. The van der Waals surface area contributed by atoms with E-state index in [9.17, 15) is 14.4 Å². The zero-order valence-corrected chi connectivity index (χ0v) is 19.0. The monoisotopic (exact) mass is 445 g/mol. The summed E-state index contributed by atoms with van der Waals surface area (Å²) >= 11 is 0. The van der Waals surface area contributed by atoms with Gasteiger partial charge in [0.05, 0.1) is 6.04 Å². The molecule has 2 heterocycles. The molecule has 1 fully saturated rings. The molecule has 0 radical (unpaired) electrons. The first-order chi connectivity index (χ1) is 16.1. The molecular formula is C27H31N3O3. The molecular weight excluding hydrogens is 414 g/mol. The van der Waals surface area contributed by atoms with Gasteiger partial charge < -0.3 is 10.2 Å². The van der Waals surface area contributed by atoms with Crippen LogP contribution in [0.15, 0.2) is 48.5 Å². The Morgan fingerprint density at radius 2 is 1.70 bits per heavy atom. The second kappa shape index (κ2) is 9.38. The summed E-state index contributed by atoms with van der Waals surface area (Å²) in [5.74, 6) is 0.00290.